The number of hydrogen-bond acceptors (Lipinski definition) is 2. The quantitative estimate of drug-likeness (QED) is 0.782. The number of urea groups is 1. The highest BCUT2D eigenvalue weighted by atomic mass is 35.5. The van der Waals surface area contributed by atoms with Crippen molar-refractivity contribution in [3.63, 3.8) is 0 Å². The van der Waals surface area contributed by atoms with Gasteiger partial charge >= 0.3 is 6.03 Å². The summed E-state index contributed by atoms with van der Waals surface area (Å²) in [6, 6.07) is 5.89. The summed E-state index contributed by atoms with van der Waals surface area (Å²) in [6.45, 7) is 6.31. The number of morpholine rings is 1. The molecule has 0 spiro atoms. The van der Waals surface area contributed by atoms with E-state index in [4.69, 9.17) is 27.9 Å². The first-order valence-corrected chi connectivity index (χ1v) is 8.38. The van der Waals surface area contributed by atoms with E-state index in [-0.39, 0.29) is 6.03 Å². The lowest BCUT2D eigenvalue weighted by molar-refractivity contribution is 0.0449. The van der Waals surface area contributed by atoms with Gasteiger partial charge in [0.1, 0.15) is 0 Å². The SMILES string of the molecule is C[C@H]1CN(C(=O)N2CCOCC2)C[C@@H]1c1ccc(Cl)c(Cl)c1. The van der Waals surface area contributed by atoms with Crippen molar-refractivity contribution in [2.24, 2.45) is 5.92 Å². The Morgan fingerprint density at radius 2 is 1.86 bits per heavy atom. The molecule has 2 amide bonds. The van der Waals surface area contributed by atoms with Crippen LogP contribution in [0.5, 0.6) is 0 Å². The lowest BCUT2D eigenvalue weighted by Gasteiger charge is -2.31. The molecule has 2 saturated heterocycles. The van der Waals surface area contributed by atoms with E-state index >= 15 is 0 Å². The van der Waals surface area contributed by atoms with Crippen LogP contribution in [0.1, 0.15) is 18.4 Å². The van der Waals surface area contributed by atoms with Crippen LogP contribution in [0, 0.1) is 5.92 Å². The lowest BCUT2D eigenvalue weighted by atomic mass is 9.90. The summed E-state index contributed by atoms with van der Waals surface area (Å²) in [6.07, 6.45) is 0. The van der Waals surface area contributed by atoms with Gasteiger partial charge in [0.15, 0.2) is 0 Å². The Labute approximate surface area is 140 Å². The number of likely N-dealkylation sites (tertiary alicyclic amines) is 1. The molecule has 6 heteroatoms. The van der Waals surface area contributed by atoms with Crippen LogP contribution in [0.3, 0.4) is 0 Å². The maximum absolute atomic E-state index is 12.6. The number of halogens is 2. The Morgan fingerprint density at radius 1 is 1.14 bits per heavy atom. The summed E-state index contributed by atoms with van der Waals surface area (Å²) in [7, 11) is 0. The summed E-state index contributed by atoms with van der Waals surface area (Å²) in [5.41, 5.74) is 1.15. The second-order valence-corrected chi connectivity index (χ2v) is 6.86. The molecule has 0 unspecified atom stereocenters. The van der Waals surface area contributed by atoms with Gasteiger partial charge in [-0.3, -0.25) is 0 Å². The van der Waals surface area contributed by atoms with Gasteiger partial charge in [-0.25, -0.2) is 4.79 Å². The molecule has 0 N–H and O–H groups in total. The van der Waals surface area contributed by atoms with Crippen molar-refractivity contribution < 1.29 is 9.53 Å². The first kappa shape index (κ1) is 15.9. The van der Waals surface area contributed by atoms with Gasteiger partial charge in [-0.2, -0.15) is 0 Å². The van der Waals surface area contributed by atoms with Crippen molar-refractivity contribution >= 4 is 29.2 Å². The number of rotatable bonds is 1. The smallest absolute Gasteiger partial charge is 0.320 e. The van der Waals surface area contributed by atoms with E-state index in [0.29, 0.717) is 48.2 Å². The molecule has 2 fully saturated rings. The zero-order valence-electron chi connectivity index (χ0n) is 12.6. The van der Waals surface area contributed by atoms with Crippen LogP contribution in [0.25, 0.3) is 0 Å². The Hall–Kier alpha value is -0.970. The van der Waals surface area contributed by atoms with Crippen LogP contribution < -0.4 is 0 Å². The third kappa shape index (κ3) is 3.19. The average Bonchev–Trinajstić information content (AvgIpc) is 2.92. The van der Waals surface area contributed by atoms with E-state index in [1.807, 2.05) is 28.0 Å². The fourth-order valence-corrected chi connectivity index (χ4v) is 3.56. The summed E-state index contributed by atoms with van der Waals surface area (Å²) in [5.74, 6) is 0.710. The zero-order chi connectivity index (χ0) is 15.7. The van der Waals surface area contributed by atoms with Crippen LogP contribution in [0.2, 0.25) is 10.0 Å². The van der Waals surface area contributed by atoms with Crippen LogP contribution in [0.15, 0.2) is 18.2 Å². The number of nitrogens with zero attached hydrogens (tertiary/aromatic N) is 2. The van der Waals surface area contributed by atoms with Gasteiger partial charge in [0.05, 0.1) is 23.3 Å². The first-order chi connectivity index (χ1) is 10.6. The Bertz CT molecular complexity index is 561. The molecule has 0 bridgehead atoms. The Morgan fingerprint density at radius 3 is 2.55 bits per heavy atom. The molecular weight excluding hydrogens is 323 g/mol. The molecule has 3 rings (SSSR count). The third-order valence-electron chi connectivity index (χ3n) is 4.54. The van der Waals surface area contributed by atoms with Gasteiger partial charge in [-0.05, 0) is 23.6 Å². The van der Waals surface area contributed by atoms with E-state index in [1.165, 1.54) is 0 Å². The maximum Gasteiger partial charge on any atom is 0.320 e. The molecule has 2 aliphatic rings. The van der Waals surface area contributed by atoms with Crippen molar-refractivity contribution in [2.75, 3.05) is 39.4 Å². The molecule has 1 aromatic rings. The largest absolute Gasteiger partial charge is 0.378 e. The van der Waals surface area contributed by atoms with Gasteiger partial charge in [0.25, 0.3) is 0 Å². The van der Waals surface area contributed by atoms with Gasteiger partial charge in [-0.1, -0.05) is 36.2 Å². The topological polar surface area (TPSA) is 32.8 Å². The van der Waals surface area contributed by atoms with Crippen molar-refractivity contribution in [1.29, 1.82) is 0 Å². The van der Waals surface area contributed by atoms with Gasteiger partial charge in [-0.15, -0.1) is 0 Å². The molecule has 0 aromatic heterocycles. The summed E-state index contributed by atoms with van der Waals surface area (Å²) in [5, 5.41) is 1.14. The molecule has 2 aliphatic heterocycles. The Kier molecular flexibility index (Phi) is 4.81. The number of carbonyl (C=O) groups is 1. The normalized spacial score (nSPS) is 25.6. The van der Waals surface area contributed by atoms with Gasteiger partial charge in [0.2, 0.25) is 0 Å². The molecule has 2 heterocycles. The lowest BCUT2D eigenvalue weighted by Crippen LogP contribution is -2.47. The van der Waals surface area contributed by atoms with Crippen LogP contribution in [-0.2, 0) is 4.74 Å². The van der Waals surface area contributed by atoms with E-state index in [1.54, 1.807) is 0 Å². The second-order valence-electron chi connectivity index (χ2n) is 6.04. The maximum atomic E-state index is 12.6. The summed E-state index contributed by atoms with van der Waals surface area (Å²) >= 11 is 12.1. The minimum absolute atomic E-state index is 0.123. The molecule has 1 aromatic carbocycles. The minimum Gasteiger partial charge on any atom is -0.378 e. The third-order valence-corrected chi connectivity index (χ3v) is 5.28. The van der Waals surface area contributed by atoms with Crippen LogP contribution in [0.4, 0.5) is 4.79 Å². The van der Waals surface area contributed by atoms with Crippen molar-refractivity contribution in [3.8, 4) is 0 Å². The van der Waals surface area contributed by atoms with E-state index < -0.39 is 0 Å². The fraction of sp³-hybridized carbons (Fsp3) is 0.562. The van der Waals surface area contributed by atoms with Crippen LogP contribution in [-0.4, -0.2) is 55.2 Å². The highest BCUT2D eigenvalue weighted by molar-refractivity contribution is 6.42. The monoisotopic (exact) mass is 342 g/mol. The number of amides is 2. The molecule has 0 saturated carbocycles. The number of carbonyl (C=O) groups excluding carboxylic acids is 1. The molecule has 120 valence electrons. The molecule has 0 radical (unpaired) electrons. The predicted octanol–water partition coefficient (Wildman–Crippen LogP) is 3.48. The van der Waals surface area contributed by atoms with Crippen molar-refractivity contribution in [3.05, 3.63) is 33.8 Å². The number of ether oxygens (including phenoxy) is 1. The zero-order valence-corrected chi connectivity index (χ0v) is 14.1. The first-order valence-electron chi connectivity index (χ1n) is 7.63. The van der Waals surface area contributed by atoms with E-state index in [2.05, 4.69) is 6.92 Å². The standard InChI is InChI=1S/C16H20Cl2N2O2/c1-11-9-20(16(21)19-4-6-22-7-5-19)10-13(11)12-2-3-14(17)15(18)8-12/h2-3,8,11,13H,4-7,9-10H2,1H3/t11-,13-/m0/s1. The molecular formula is C16H20Cl2N2O2. The van der Waals surface area contributed by atoms with E-state index in [0.717, 1.165) is 18.7 Å². The molecule has 0 aliphatic carbocycles. The molecule has 22 heavy (non-hydrogen) atoms. The average molecular weight is 343 g/mol. The Balaban J connectivity index is 1.70. The number of hydrogen-bond donors (Lipinski definition) is 0. The van der Waals surface area contributed by atoms with Crippen molar-refractivity contribution in [2.45, 2.75) is 12.8 Å². The number of benzene rings is 1. The second kappa shape index (κ2) is 6.65. The fourth-order valence-electron chi connectivity index (χ4n) is 3.25. The summed E-state index contributed by atoms with van der Waals surface area (Å²) < 4.78 is 5.31. The minimum atomic E-state index is 0.123. The van der Waals surface area contributed by atoms with Gasteiger partial charge in [0, 0.05) is 32.1 Å². The van der Waals surface area contributed by atoms with Crippen LogP contribution >= 0.6 is 23.2 Å². The van der Waals surface area contributed by atoms with E-state index in [9.17, 15) is 4.79 Å². The molecule has 4 nitrogen and oxygen atoms in total. The highest BCUT2D eigenvalue weighted by Gasteiger charge is 2.35. The molecule has 2 atom stereocenters. The summed E-state index contributed by atoms with van der Waals surface area (Å²) in [4.78, 5) is 16.4. The van der Waals surface area contributed by atoms with Crippen molar-refractivity contribution in [1.82, 2.24) is 9.80 Å². The van der Waals surface area contributed by atoms with Gasteiger partial charge < -0.3 is 14.5 Å². The predicted molar refractivity (Wildman–Crippen MR) is 87.7 cm³/mol. The highest BCUT2D eigenvalue weighted by Crippen LogP contribution is 2.35.